The van der Waals surface area contributed by atoms with Crippen molar-refractivity contribution in [2.75, 3.05) is 26.2 Å². The topological polar surface area (TPSA) is 130 Å². The summed E-state index contributed by atoms with van der Waals surface area (Å²) in [5.41, 5.74) is -5.00. The number of halogens is 6. The number of amides is 2. The first-order valence-electron chi connectivity index (χ1n) is 17.5. The van der Waals surface area contributed by atoms with Crippen molar-refractivity contribution >= 4 is 29.1 Å². The van der Waals surface area contributed by atoms with Crippen LogP contribution in [-0.2, 0) is 27.5 Å². The van der Waals surface area contributed by atoms with Crippen LogP contribution in [0.3, 0.4) is 0 Å². The number of pyridine rings is 1. The normalized spacial score (nSPS) is 21.0. The summed E-state index contributed by atoms with van der Waals surface area (Å²) in [6.45, 7) is 3.22. The van der Waals surface area contributed by atoms with Crippen LogP contribution in [0.15, 0.2) is 54.2 Å². The first-order chi connectivity index (χ1) is 25.4. The van der Waals surface area contributed by atoms with Gasteiger partial charge in [0.15, 0.2) is 0 Å². The Balaban J connectivity index is 1.47. The summed E-state index contributed by atoms with van der Waals surface area (Å²) in [7, 11) is 0. The second kappa shape index (κ2) is 16.2. The minimum absolute atomic E-state index is 0.00309. The minimum Gasteiger partial charge on any atom is -0.493 e. The Hall–Kier alpha value is -4.38. The second-order valence-corrected chi connectivity index (χ2v) is 14.6. The van der Waals surface area contributed by atoms with E-state index in [2.05, 4.69) is 4.98 Å². The van der Waals surface area contributed by atoms with Crippen molar-refractivity contribution in [1.82, 2.24) is 14.8 Å². The molecule has 1 unspecified atom stereocenters. The van der Waals surface area contributed by atoms with E-state index in [1.165, 1.54) is 4.90 Å². The molecule has 5 rings (SSSR count). The number of carbonyl (C=O) groups excluding carboxylic acids is 2. The molecule has 0 spiro atoms. The third-order valence-electron chi connectivity index (χ3n) is 10.1. The van der Waals surface area contributed by atoms with Gasteiger partial charge in [0.1, 0.15) is 16.4 Å². The molecule has 3 atom stereocenters. The summed E-state index contributed by atoms with van der Waals surface area (Å²) in [4.78, 5) is 45.5. The molecule has 0 aliphatic carbocycles. The number of carboxylic acid groups (broad SMARTS) is 1. The Morgan fingerprint density at radius 3 is 2.37 bits per heavy atom. The molecule has 2 saturated heterocycles. The fourth-order valence-electron chi connectivity index (χ4n) is 7.16. The van der Waals surface area contributed by atoms with Gasteiger partial charge in [-0.1, -0.05) is 38.5 Å². The highest BCUT2D eigenvalue weighted by Crippen LogP contribution is 2.44. The number of aliphatic hydroxyl groups is 1. The summed E-state index contributed by atoms with van der Waals surface area (Å²) in [6.07, 6.45) is -7.23. The van der Waals surface area contributed by atoms with E-state index < -0.39 is 69.3 Å². The highest BCUT2D eigenvalue weighted by atomic mass is 32.1. The van der Waals surface area contributed by atoms with E-state index in [-0.39, 0.29) is 70.5 Å². The molecular formula is C37H41F6N3O7S. The molecule has 17 heteroatoms. The molecule has 10 nitrogen and oxygen atoms in total. The van der Waals surface area contributed by atoms with Crippen LogP contribution in [-0.4, -0.2) is 80.7 Å². The average molecular weight is 786 g/mol. The van der Waals surface area contributed by atoms with Crippen LogP contribution < -0.4 is 9.47 Å². The average Bonchev–Trinajstić information content (AvgIpc) is 3.61. The number of alkyl halides is 6. The van der Waals surface area contributed by atoms with Crippen LogP contribution in [0.2, 0.25) is 0 Å². The maximum atomic E-state index is 14.9. The van der Waals surface area contributed by atoms with E-state index in [1.54, 1.807) is 38.1 Å². The van der Waals surface area contributed by atoms with Crippen LogP contribution in [0.1, 0.15) is 85.2 Å². The number of ether oxygens (including phenoxy) is 2. The number of aromatic nitrogens is 1. The molecule has 0 saturated carbocycles. The number of piperidine rings is 2. The number of carboxylic acids is 1. The lowest BCUT2D eigenvalue weighted by Crippen LogP contribution is -2.68. The third kappa shape index (κ3) is 8.61. The summed E-state index contributed by atoms with van der Waals surface area (Å²) in [6, 6.07) is 6.97. The zero-order chi connectivity index (χ0) is 39.5. The van der Waals surface area contributed by atoms with Crippen molar-refractivity contribution < 1.29 is 60.4 Å². The van der Waals surface area contributed by atoms with Crippen molar-refractivity contribution in [3.63, 3.8) is 0 Å². The fraction of sp³-hybridized carbons (Fsp3) is 0.514. The van der Waals surface area contributed by atoms with Gasteiger partial charge in [-0.05, 0) is 44.2 Å². The van der Waals surface area contributed by atoms with E-state index in [0.717, 1.165) is 28.7 Å². The Morgan fingerprint density at radius 2 is 1.74 bits per heavy atom. The maximum Gasteiger partial charge on any atom is 0.425 e. The lowest BCUT2D eigenvalue weighted by molar-refractivity contribution is -0.163. The SMILES string of the molecule is CCC[C@H]1N(C(=O)c2cnccc2C(F)(F)F)CCC[C@@]1(Oc1csc(C(F)(F)F)c1)C(=O)N1CCC(O)(c2ccccc2OCCC(C)C(=O)O)CC1. The molecule has 2 N–H and O–H groups in total. The number of hydrogen-bond acceptors (Lipinski definition) is 8. The highest BCUT2D eigenvalue weighted by Gasteiger charge is 2.56. The van der Waals surface area contributed by atoms with Crippen LogP contribution in [0.4, 0.5) is 26.3 Å². The quantitative estimate of drug-likeness (QED) is 0.182. The Morgan fingerprint density at radius 1 is 1.04 bits per heavy atom. The third-order valence-corrected chi connectivity index (χ3v) is 11.0. The number of rotatable bonds is 12. The number of thiophene rings is 1. The van der Waals surface area contributed by atoms with Crippen molar-refractivity contribution in [2.24, 2.45) is 5.92 Å². The van der Waals surface area contributed by atoms with Gasteiger partial charge in [0.2, 0.25) is 5.60 Å². The highest BCUT2D eigenvalue weighted by molar-refractivity contribution is 7.10. The molecule has 3 aromatic rings. The zero-order valence-electron chi connectivity index (χ0n) is 29.6. The first-order valence-corrected chi connectivity index (χ1v) is 18.4. The first kappa shape index (κ1) is 40.8. The molecule has 1 aromatic carbocycles. The van der Waals surface area contributed by atoms with Crippen LogP contribution in [0.25, 0.3) is 0 Å². The van der Waals surface area contributed by atoms with Crippen molar-refractivity contribution in [3.05, 3.63) is 75.7 Å². The van der Waals surface area contributed by atoms with Gasteiger partial charge in [0.05, 0.1) is 35.3 Å². The van der Waals surface area contributed by atoms with Crippen LogP contribution >= 0.6 is 11.3 Å². The molecule has 2 amide bonds. The summed E-state index contributed by atoms with van der Waals surface area (Å²) < 4.78 is 95.3. The fourth-order valence-corrected chi connectivity index (χ4v) is 7.84. The van der Waals surface area contributed by atoms with E-state index in [4.69, 9.17) is 9.47 Å². The monoisotopic (exact) mass is 785 g/mol. The molecule has 2 aliphatic rings. The van der Waals surface area contributed by atoms with Gasteiger partial charge < -0.3 is 29.5 Å². The lowest BCUT2D eigenvalue weighted by atomic mass is 9.78. The Kier molecular flexibility index (Phi) is 12.2. The predicted octanol–water partition coefficient (Wildman–Crippen LogP) is 7.40. The van der Waals surface area contributed by atoms with Gasteiger partial charge in [-0.15, -0.1) is 11.3 Å². The standard InChI is InChI=1S/C37H41F6N3O7S/c1-3-7-29-35(53-24-20-30(54-22-24)37(41,42)43,12-6-16-46(29)31(47)25-21-44-15-10-26(25)36(38,39)40)33(50)45-17-13-34(51,14-18-45)27-8-4-5-9-28(27)52-19-11-23(2)32(48)49/h4-5,8-10,15,20-23,29,51H,3,6-7,11-14,16-19H2,1-2H3,(H,48,49)/t23?,29-,35+/m1/s1. The molecule has 2 aromatic heterocycles. The number of likely N-dealkylation sites (tertiary alicyclic amines) is 2. The number of nitrogens with zero attached hydrogens (tertiary/aromatic N) is 3. The molecule has 0 radical (unpaired) electrons. The van der Waals surface area contributed by atoms with E-state index in [9.17, 15) is 50.9 Å². The van der Waals surface area contributed by atoms with Gasteiger partial charge in [0.25, 0.3) is 11.8 Å². The van der Waals surface area contributed by atoms with E-state index >= 15 is 0 Å². The summed E-state index contributed by atoms with van der Waals surface area (Å²) in [5, 5.41) is 22.2. The van der Waals surface area contributed by atoms with Gasteiger partial charge in [-0.25, -0.2) is 0 Å². The van der Waals surface area contributed by atoms with Gasteiger partial charge >= 0.3 is 18.3 Å². The number of aliphatic carboxylic acids is 1. The van der Waals surface area contributed by atoms with Crippen LogP contribution in [0, 0.1) is 5.92 Å². The summed E-state index contributed by atoms with van der Waals surface area (Å²) in [5.74, 6) is -3.28. The van der Waals surface area contributed by atoms with Crippen LogP contribution in [0.5, 0.6) is 11.5 Å². The smallest absolute Gasteiger partial charge is 0.425 e. The Labute approximate surface area is 311 Å². The molecule has 2 aliphatic heterocycles. The van der Waals surface area contributed by atoms with E-state index in [1.807, 2.05) is 0 Å². The number of para-hydroxylation sites is 1. The predicted molar refractivity (Wildman–Crippen MR) is 184 cm³/mol. The molecular weight excluding hydrogens is 744 g/mol. The molecule has 2 fully saturated rings. The number of hydrogen-bond donors (Lipinski definition) is 2. The Bertz CT molecular complexity index is 1810. The molecule has 0 bridgehead atoms. The minimum atomic E-state index is -4.90. The molecule has 294 valence electrons. The molecule has 54 heavy (non-hydrogen) atoms. The number of benzene rings is 1. The molecule has 4 heterocycles. The lowest BCUT2D eigenvalue weighted by Gasteiger charge is -2.51. The van der Waals surface area contributed by atoms with E-state index in [0.29, 0.717) is 35.1 Å². The zero-order valence-corrected chi connectivity index (χ0v) is 30.4. The largest absolute Gasteiger partial charge is 0.493 e. The second-order valence-electron chi connectivity index (χ2n) is 13.7. The summed E-state index contributed by atoms with van der Waals surface area (Å²) >= 11 is 0.359. The van der Waals surface area contributed by atoms with Crippen molar-refractivity contribution in [3.8, 4) is 11.5 Å². The van der Waals surface area contributed by atoms with Crippen molar-refractivity contribution in [2.45, 2.75) is 88.4 Å². The van der Waals surface area contributed by atoms with Crippen molar-refractivity contribution in [1.29, 1.82) is 0 Å². The van der Waals surface area contributed by atoms with Gasteiger partial charge in [0, 0.05) is 55.5 Å². The van der Waals surface area contributed by atoms with Gasteiger partial charge in [-0.2, -0.15) is 26.3 Å². The number of carbonyl (C=O) groups is 3. The maximum absolute atomic E-state index is 14.9. The van der Waals surface area contributed by atoms with Gasteiger partial charge in [-0.3, -0.25) is 19.4 Å².